The van der Waals surface area contributed by atoms with Crippen LogP contribution in [0.1, 0.15) is 65.2 Å². The first kappa shape index (κ1) is 15.9. The van der Waals surface area contributed by atoms with Gasteiger partial charge >= 0.3 is 0 Å². The molecule has 1 saturated carbocycles. The maximum atomic E-state index is 2.50. The third-order valence-electron chi connectivity index (χ3n) is 4.94. The molecular weight excluding hydrogens is 260 g/mol. The van der Waals surface area contributed by atoms with Crippen LogP contribution in [0.2, 0.25) is 0 Å². The number of rotatable bonds is 8. The molecule has 1 aliphatic carbocycles. The number of hydrogen-bond acceptors (Lipinski definition) is 1. The molecule has 112 valence electrons. The van der Waals surface area contributed by atoms with Crippen molar-refractivity contribution in [3.63, 3.8) is 0 Å². The van der Waals surface area contributed by atoms with Crippen LogP contribution < -0.4 is 0 Å². The normalized spacial score (nSPS) is 16.7. The molecule has 0 unspecified atom stereocenters. The van der Waals surface area contributed by atoms with Crippen molar-refractivity contribution in [1.82, 2.24) is 0 Å². The number of unbranched alkanes of at least 4 members (excludes halogenated alkanes) is 2. The van der Waals surface area contributed by atoms with E-state index in [1.807, 2.05) is 11.8 Å². The Morgan fingerprint density at radius 1 is 1.00 bits per heavy atom. The lowest BCUT2D eigenvalue weighted by Crippen LogP contribution is -2.21. The van der Waals surface area contributed by atoms with Gasteiger partial charge in [-0.3, -0.25) is 0 Å². The average Bonchev–Trinajstić information content (AvgIpc) is 2.99. The molecule has 1 heteroatoms. The second-order valence-electron chi connectivity index (χ2n) is 6.94. The van der Waals surface area contributed by atoms with Crippen LogP contribution >= 0.6 is 11.8 Å². The monoisotopic (exact) mass is 290 g/mol. The van der Waals surface area contributed by atoms with E-state index in [1.54, 1.807) is 0 Å². The molecule has 0 spiro atoms. The first-order valence-corrected chi connectivity index (χ1v) is 9.35. The number of benzene rings is 1. The lowest BCUT2D eigenvalue weighted by atomic mass is 9.74. The van der Waals surface area contributed by atoms with E-state index in [0.29, 0.717) is 5.41 Å². The molecule has 0 aromatic heterocycles. The second-order valence-corrected chi connectivity index (χ2v) is 8.11. The van der Waals surface area contributed by atoms with Crippen molar-refractivity contribution in [3.05, 3.63) is 30.3 Å². The van der Waals surface area contributed by atoms with E-state index in [-0.39, 0.29) is 0 Å². The Balaban J connectivity index is 1.55. The maximum absolute atomic E-state index is 2.50. The third-order valence-corrected chi connectivity index (χ3v) is 6.04. The molecule has 0 atom stereocenters. The summed E-state index contributed by atoms with van der Waals surface area (Å²) in [5, 5.41) is 0. The van der Waals surface area contributed by atoms with Gasteiger partial charge in [0, 0.05) is 4.90 Å². The average molecular weight is 291 g/mol. The first-order valence-electron chi connectivity index (χ1n) is 8.36. The van der Waals surface area contributed by atoms with Crippen molar-refractivity contribution >= 4 is 11.8 Å². The van der Waals surface area contributed by atoms with Crippen LogP contribution in [0.25, 0.3) is 0 Å². The fourth-order valence-electron chi connectivity index (χ4n) is 3.48. The van der Waals surface area contributed by atoms with Gasteiger partial charge in [0.1, 0.15) is 0 Å². The summed E-state index contributed by atoms with van der Waals surface area (Å²) < 4.78 is 0. The van der Waals surface area contributed by atoms with Gasteiger partial charge in [0.25, 0.3) is 0 Å². The predicted molar refractivity (Wildman–Crippen MR) is 91.4 cm³/mol. The van der Waals surface area contributed by atoms with Crippen molar-refractivity contribution in [2.24, 2.45) is 11.3 Å². The van der Waals surface area contributed by atoms with Crippen molar-refractivity contribution in [2.45, 2.75) is 70.1 Å². The molecule has 0 heterocycles. The molecule has 0 N–H and O–H groups in total. The molecule has 1 fully saturated rings. The van der Waals surface area contributed by atoms with Gasteiger partial charge in [0.05, 0.1) is 0 Å². The Morgan fingerprint density at radius 3 is 2.40 bits per heavy atom. The number of hydrogen-bond donors (Lipinski definition) is 0. The molecule has 20 heavy (non-hydrogen) atoms. The zero-order valence-electron chi connectivity index (χ0n) is 13.2. The zero-order valence-corrected chi connectivity index (χ0v) is 14.1. The summed E-state index contributed by atoms with van der Waals surface area (Å²) >= 11 is 2.00. The fraction of sp³-hybridized carbons (Fsp3) is 0.684. The van der Waals surface area contributed by atoms with E-state index in [0.717, 1.165) is 5.92 Å². The molecule has 1 aliphatic rings. The summed E-state index contributed by atoms with van der Waals surface area (Å²) in [6.07, 6.45) is 11.5. The van der Waals surface area contributed by atoms with Crippen molar-refractivity contribution < 1.29 is 0 Å². The van der Waals surface area contributed by atoms with E-state index >= 15 is 0 Å². The molecule has 0 radical (unpaired) electrons. The Morgan fingerprint density at radius 2 is 1.70 bits per heavy atom. The SMILES string of the molecule is CC(C)(CCCCCSc1ccccc1)C1CCCC1. The van der Waals surface area contributed by atoms with Gasteiger partial charge in [0.2, 0.25) is 0 Å². The van der Waals surface area contributed by atoms with Gasteiger partial charge in [-0.1, -0.05) is 57.7 Å². The largest absolute Gasteiger partial charge is 0.126 e. The molecule has 2 rings (SSSR count). The van der Waals surface area contributed by atoms with E-state index in [4.69, 9.17) is 0 Å². The molecule has 0 nitrogen and oxygen atoms in total. The Bertz CT molecular complexity index is 363. The van der Waals surface area contributed by atoms with Gasteiger partial charge in [0.15, 0.2) is 0 Å². The molecular formula is C19H30S. The molecule has 0 amide bonds. The van der Waals surface area contributed by atoms with E-state index in [2.05, 4.69) is 44.2 Å². The lowest BCUT2D eigenvalue weighted by Gasteiger charge is -2.31. The van der Waals surface area contributed by atoms with Gasteiger partial charge in [-0.2, -0.15) is 0 Å². The fourth-order valence-corrected chi connectivity index (χ4v) is 4.41. The first-order chi connectivity index (χ1) is 9.68. The summed E-state index contributed by atoms with van der Waals surface area (Å²) in [5.74, 6) is 2.27. The van der Waals surface area contributed by atoms with Gasteiger partial charge in [-0.25, -0.2) is 0 Å². The Kier molecular flexibility index (Phi) is 6.48. The minimum absolute atomic E-state index is 0.586. The predicted octanol–water partition coefficient (Wildman–Crippen LogP) is 6.56. The summed E-state index contributed by atoms with van der Waals surface area (Å²) in [4.78, 5) is 1.42. The lowest BCUT2D eigenvalue weighted by molar-refractivity contribution is 0.193. The van der Waals surface area contributed by atoms with E-state index in [9.17, 15) is 0 Å². The number of thioether (sulfide) groups is 1. The minimum Gasteiger partial charge on any atom is -0.126 e. The smallest absolute Gasteiger partial charge is 0.00719 e. The molecule has 0 bridgehead atoms. The van der Waals surface area contributed by atoms with E-state index < -0.39 is 0 Å². The van der Waals surface area contributed by atoms with Crippen molar-refractivity contribution in [2.75, 3.05) is 5.75 Å². The van der Waals surface area contributed by atoms with E-state index in [1.165, 1.54) is 62.0 Å². The summed E-state index contributed by atoms with van der Waals surface area (Å²) in [6, 6.07) is 10.8. The highest BCUT2D eigenvalue weighted by atomic mass is 32.2. The van der Waals surface area contributed by atoms with Crippen LogP contribution in [0, 0.1) is 11.3 Å². The van der Waals surface area contributed by atoms with Gasteiger partial charge < -0.3 is 0 Å². The van der Waals surface area contributed by atoms with Crippen LogP contribution in [0.4, 0.5) is 0 Å². The van der Waals surface area contributed by atoms with Crippen molar-refractivity contribution in [3.8, 4) is 0 Å². The van der Waals surface area contributed by atoms with Crippen molar-refractivity contribution in [1.29, 1.82) is 0 Å². The zero-order chi connectivity index (χ0) is 14.3. The minimum atomic E-state index is 0.586. The summed E-state index contributed by atoms with van der Waals surface area (Å²) in [6.45, 7) is 5.00. The Labute approximate surface area is 129 Å². The van der Waals surface area contributed by atoms with Gasteiger partial charge in [-0.05, 0) is 54.9 Å². The Hall–Kier alpha value is -0.430. The molecule has 0 aliphatic heterocycles. The topological polar surface area (TPSA) is 0 Å². The van der Waals surface area contributed by atoms with Crippen LogP contribution in [-0.4, -0.2) is 5.75 Å². The standard InChI is InChI=1S/C19H30S/c1-19(2,17-11-7-8-12-17)15-9-4-10-16-20-18-13-5-3-6-14-18/h3,5-6,13-14,17H,4,7-12,15-16H2,1-2H3. The molecule has 0 saturated heterocycles. The molecule has 1 aromatic carbocycles. The summed E-state index contributed by atoms with van der Waals surface area (Å²) in [7, 11) is 0. The maximum Gasteiger partial charge on any atom is 0.00719 e. The van der Waals surface area contributed by atoms with Crippen LogP contribution in [0.15, 0.2) is 35.2 Å². The van der Waals surface area contributed by atoms with Crippen LogP contribution in [0.3, 0.4) is 0 Å². The van der Waals surface area contributed by atoms with Gasteiger partial charge in [-0.15, -0.1) is 11.8 Å². The quantitative estimate of drug-likeness (QED) is 0.386. The second kappa shape index (κ2) is 8.12. The highest BCUT2D eigenvalue weighted by molar-refractivity contribution is 7.99. The molecule has 1 aromatic rings. The highest BCUT2D eigenvalue weighted by Gasteiger charge is 2.30. The highest BCUT2D eigenvalue weighted by Crippen LogP contribution is 2.42. The third kappa shape index (κ3) is 5.16. The summed E-state index contributed by atoms with van der Waals surface area (Å²) in [5.41, 5.74) is 0.586. The van der Waals surface area contributed by atoms with Crippen LogP contribution in [-0.2, 0) is 0 Å². The van der Waals surface area contributed by atoms with Crippen LogP contribution in [0.5, 0.6) is 0 Å².